The number of hydrogen-bond acceptors (Lipinski definition) is 3. The normalized spacial score (nSPS) is 17.8. The van der Waals surface area contributed by atoms with Gasteiger partial charge >= 0.3 is 6.09 Å². The maximum atomic E-state index is 11.3. The zero-order chi connectivity index (χ0) is 19.4. The Labute approximate surface area is 160 Å². The molecule has 1 aliphatic carbocycles. The Hall–Kier alpha value is -2.53. The number of hydrogen-bond donors (Lipinski definition) is 2. The summed E-state index contributed by atoms with van der Waals surface area (Å²) in [6.07, 6.45) is 0.901. The summed E-state index contributed by atoms with van der Waals surface area (Å²) in [5.41, 5.74) is 4.36. The van der Waals surface area contributed by atoms with Crippen molar-refractivity contribution in [3.8, 4) is 16.9 Å². The van der Waals surface area contributed by atoms with Gasteiger partial charge in [0, 0.05) is 7.11 Å². The standard InChI is InChI=1S/C22H27NO4/c1-22(2)10-9-17-13-16(7-8-19(17)20(22)23-21(24)25)15-5-4-6-18(14-15)27-12-11-26-3/h4-8,13-14,20,23H,9-12H2,1-3H3,(H,24,25). The van der Waals surface area contributed by atoms with Crippen LogP contribution in [0, 0.1) is 5.41 Å². The molecule has 27 heavy (non-hydrogen) atoms. The molecule has 2 aromatic carbocycles. The van der Waals surface area contributed by atoms with Crippen LogP contribution in [0.5, 0.6) is 5.75 Å². The van der Waals surface area contributed by atoms with E-state index >= 15 is 0 Å². The number of benzene rings is 2. The number of methoxy groups -OCH3 is 1. The van der Waals surface area contributed by atoms with Crippen molar-refractivity contribution in [2.24, 2.45) is 5.41 Å². The predicted molar refractivity (Wildman–Crippen MR) is 105 cm³/mol. The minimum atomic E-state index is -0.981. The summed E-state index contributed by atoms with van der Waals surface area (Å²) in [4.78, 5) is 11.3. The van der Waals surface area contributed by atoms with Gasteiger partial charge < -0.3 is 19.9 Å². The van der Waals surface area contributed by atoms with E-state index in [-0.39, 0.29) is 11.5 Å². The van der Waals surface area contributed by atoms with Crippen molar-refractivity contribution in [1.29, 1.82) is 0 Å². The SMILES string of the molecule is COCCOc1cccc(-c2ccc3c(c2)CCC(C)(C)C3NC(=O)O)c1. The largest absolute Gasteiger partial charge is 0.491 e. The quantitative estimate of drug-likeness (QED) is 0.727. The second kappa shape index (κ2) is 8.01. The van der Waals surface area contributed by atoms with E-state index in [1.54, 1.807) is 7.11 Å². The van der Waals surface area contributed by atoms with E-state index < -0.39 is 6.09 Å². The first-order chi connectivity index (χ1) is 12.9. The number of amides is 1. The second-order valence-corrected chi connectivity index (χ2v) is 7.65. The highest BCUT2D eigenvalue weighted by molar-refractivity contribution is 5.68. The molecule has 2 aromatic rings. The van der Waals surface area contributed by atoms with E-state index in [0.717, 1.165) is 35.3 Å². The molecule has 0 spiro atoms. The number of ether oxygens (including phenoxy) is 2. The summed E-state index contributed by atoms with van der Waals surface area (Å²) in [5.74, 6) is 0.814. The lowest BCUT2D eigenvalue weighted by molar-refractivity contribution is 0.146. The maximum absolute atomic E-state index is 11.3. The van der Waals surface area contributed by atoms with Gasteiger partial charge in [-0.3, -0.25) is 0 Å². The van der Waals surface area contributed by atoms with Crippen LogP contribution in [0.1, 0.15) is 37.4 Å². The average Bonchev–Trinajstić information content (AvgIpc) is 2.64. The van der Waals surface area contributed by atoms with E-state index in [1.165, 1.54) is 5.56 Å². The van der Waals surface area contributed by atoms with Crippen molar-refractivity contribution >= 4 is 6.09 Å². The number of nitrogens with one attached hydrogen (secondary N) is 1. The number of carbonyl (C=O) groups is 1. The molecule has 5 heteroatoms. The molecule has 144 valence electrons. The van der Waals surface area contributed by atoms with Gasteiger partial charge in [-0.25, -0.2) is 4.79 Å². The lowest BCUT2D eigenvalue weighted by Gasteiger charge is -2.40. The molecular formula is C22H27NO4. The van der Waals surface area contributed by atoms with Gasteiger partial charge in [-0.1, -0.05) is 44.2 Å². The Balaban J connectivity index is 1.88. The molecule has 0 heterocycles. The van der Waals surface area contributed by atoms with E-state index in [9.17, 15) is 9.90 Å². The topological polar surface area (TPSA) is 67.8 Å². The van der Waals surface area contributed by atoms with Gasteiger partial charge in [0.1, 0.15) is 12.4 Å². The Morgan fingerprint density at radius 2 is 1.96 bits per heavy atom. The first-order valence-corrected chi connectivity index (χ1v) is 9.25. The van der Waals surface area contributed by atoms with Gasteiger partial charge in [-0.15, -0.1) is 0 Å². The van der Waals surface area contributed by atoms with Crippen LogP contribution in [-0.2, 0) is 11.2 Å². The summed E-state index contributed by atoms with van der Waals surface area (Å²) < 4.78 is 10.7. The average molecular weight is 369 g/mol. The Morgan fingerprint density at radius 3 is 2.70 bits per heavy atom. The highest BCUT2D eigenvalue weighted by atomic mass is 16.5. The number of carboxylic acid groups (broad SMARTS) is 1. The molecule has 1 amide bonds. The highest BCUT2D eigenvalue weighted by Crippen LogP contribution is 2.44. The minimum absolute atomic E-state index is 0.109. The summed E-state index contributed by atoms with van der Waals surface area (Å²) in [6, 6.07) is 14.1. The first kappa shape index (κ1) is 19.2. The third-order valence-corrected chi connectivity index (χ3v) is 5.27. The maximum Gasteiger partial charge on any atom is 0.405 e. The summed E-state index contributed by atoms with van der Waals surface area (Å²) in [6.45, 7) is 5.30. The van der Waals surface area contributed by atoms with Crippen LogP contribution < -0.4 is 10.1 Å². The first-order valence-electron chi connectivity index (χ1n) is 9.25. The van der Waals surface area contributed by atoms with Crippen molar-refractivity contribution in [3.05, 3.63) is 53.6 Å². The molecule has 0 fully saturated rings. The molecule has 1 atom stereocenters. The minimum Gasteiger partial charge on any atom is -0.491 e. The van der Waals surface area contributed by atoms with Crippen LogP contribution in [0.15, 0.2) is 42.5 Å². The van der Waals surface area contributed by atoms with Gasteiger partial charge in [-0.2, -0.15) is 0 Å². The fourth-order valence-corrected chi connectivity index (χ4v) is 3.71. The third kappa shape index (κ3) is 4.42. The number of aryl methyl sites for hydroxylation is 1. The molecule has 1 unspecified atom stereocenters. The van der Waals surface area contributed by atoms with Crippen molar-refractivity contribution in [1.82, 2.24) is 5.32 Å². The molecule has 3 rings (SSSR count). The summed E-state index contributed by atoms with van der Waals surface area (Å²) in [5, 5.41) is 12.0. The Kier molecular flexibility index (Phi) is 5.71. The van der Waals surface area contributed by atoms with Crippen LogP contribution in [0.25, 0.3) is 11.1 Å². The molecule has 0 aliphatic heterocycles. The van der Waals surface area contributed by atoms with Gasteiger partial charge in [-0.05, 0) is 52.6 Å². The van der Waals surface area contributed by atoms with Crippen molar-refractivity contribution in [3.63, 3.8) is 0 Å². The van der Waals surface area contributed by atoms with Crippen molar-refractivity contribution in [2.75, 3.05) is 20.3 Å². The molecule has 0 aromatic heterocycles. The van der Waals surface area contributed by atoms with Gasteiger partial charge in [0.2, 0.25) is 0 Å². The highest BCUT2D eigenvalue weighted by Gasteiger charge is 2.37. The van der Waals surface area contributed by atoms with Crippen LogP contribution in [0.2, 0.25) is 0 Å². The molecule has 0 radical (unpaired) electrons. The molecule has 0 saturated heterocycles. The molecule has 0 saturated carbocycles. The smallest absolute Gasteiger partial charge is 0.405 e. The monoisotopic (exact) mass is 369 g/mol. The van der Waals surface area contributed by atoms with E-state index in [0.29, 0.717) is 13.2 Å². The Morgan fingerprint density at radius 1 is 1.19 bits per heavy atom. The second-order valence-electron chi connectivity index (χ2n) is 7.65. The number of fused-ring (bicyclic) bond motifs is 1. The summed E-state index contributed by atoms with van der Waals surface area (Å²) in [7, 11) is 1.65. The Bertz CT molecular complexity index is 816. The van der Waals surface area contributed by atoms with Crippen LogP contribution in [-0.4, -0.2) is 31.5 Å². The van der Waals surface area contributed by atoms with E-state index in [4.69, 9.17) is 9.47 Å². The van der Waals surface area contributed by atoms with Gasteiger partial charge in [0.15, 0.2) is 0 Å². The van der Waals surface area contributed by atoms with Gasteiger partial charge in [0.05, 0.1) is 12.6 Å². The lowest BCUT2D eigenvalue weighted by atomic mass is 9.70. The number of rotatable bonds is 6. The molecule has 1 aliphatic rings. The third-order valence-electron chi connectivity index (χ3n) is 5.27. The van der Waals surface area contributed by atoms with Crippen molar-refractivity contribution in [2.45, 2.75) is 32.7 Å². The zero-order valence-corrected chi connectivity index (χ0v) is 16.1. The van der Waals surface area contributed by atoms with Crippen molar-refractivity contribution < 1.29 is 19.4 Å². The fourth-order valence-electron chi connectivity index (χ4n) is 3.71. The van der Waals surface area contributed by atoms with Crippen LogP contribution in [0.4, 0.5) is 4.79 Å². The van der Waals surface area contributed by atoms with E-state index in [1.807, 2.05) is 18.2 Å². The molecule has 0 bridgehead atoms. The lowest BCUT2D eigenvalue weighted by Crippen LogP contribution is -2.40. The zero-order valence-electron chi connectivity index (χ0n) is 16.1. The van der Waals surface area contributed by atoms with E-state index in [2.05, 4.69) is 43.4 Å². The molecule has 2 N–H and O–H groups in total. The van der Waals surface area contributed by atoms with Crippen LogP contribution in [0.3, 0.4) is 0 Å². The fraction of sp³-hybridized carbons (Fsp3) is 0.409. The van der Waals surface area contributed by atoms with Gasteiger partial charge in [0.25, 0.3) is 0 Å². The molecule has 5 nitrogen and oxygen atoms in total. The van der Waals surface area contributed by atoms with Crippen LogP contribution >= 0.6 is 0 Å². The summed E-state index contributed by atoms with van der Waals surface area (Å²) >= 11 is 0. The predicted octanol–water partition coefficient (Wildman–Crippen LogP) is 4.66. The molecular weight excluding hydrogens is 342 g/mol.